The number of rotatable bonds is 9. The van der Waals surface area contributed by atoms with E-state index in [1.54, 1.807) is 0 Å². The van der Waals surface area contributed by atoms with Crippen LogP contribution in [0.5, 0.6) is 0 Å². The minimum atomic E-state index is 0.529. The van der Waals surface area contributed by atoms with Gasteiger partial charge in [0.05, 0.1) is 11.8 Å². The molecule has 0 aliphatic rings. The van der Waals surface area contributed by atoms with Gasteiger partial charge in [0, 0.05) is 12.7 Å². The second-order valence-electron chi connectivity index (χ2n) is 5.49. The first-order chi connectivity index (χ1) is 10.2. The molecule has 0 saturated heterocycles. The quantitative estimate of drug-likeness (QED) is 0.711. The van der Waals surface area contributed by atoms with Crippen molar-refractivity contribution < 1.29 is 0 Å². The van der Waals surface area contributed by atoms with E-state index in [4.69, 9.17) is 5.73 Å². The highest BCUT2D eigenvalue weighted by Crippen LogP contribution is 2.21. The van der Waals surface area contributed by atoms with E-state index >= 15 is 0 Å². The van der Waals surface area contributed by atoms with Crippen LogP contribution in [0.15, 0.2) is 12.5 Å². The topological polar surface area (TPSA) is 56.7 Å². The molecule has 2 N–H and O–H groups in total. The number of imidazole rings is 1. The highest BCUT2D eigenvalue weighted by Gasteiger charge is 2.09. The van der Waals surface area contributed by atoms with Gasteiger partial charge in [-0.05, 0) is 43.3 Å². The fourth-order valence-corrected chi connectivity index (χ4v) is 3.56. The third kappa shape index (κ3) is 4.37. The van der Waals surface area contributed by atoms with Crippen LogP contribution in [0.4, 0.5) is 5.82 Å². The molecule has 0 unspecified atom stereocenters. The Morgan fingerprint density at radius 1 is 1.14 bits per heavy atom. The van der Waals surface area contributed by atoms with Crippen molar-refractivity contribution in [2.75, 3.05) is 17.2 Å². The molecule has 21 heavy (non-hydrogen) atoms. The third-order valence-corrected chi connectivity index (χ3v) is 4.84. The van der Waals surface area contributed by atoms with E-state index in [1.807, 2.05) is 12.5 Å². The number of hydrogen-bond donors (Lipinski definition) is 1. The molecule has 2 rings (SSSR count). The summed E-state index contributed by atoms with van der Waals surface area (Å²) in [5, 5.41) is 0. The van der Waals surface area contributed by atoms with E-state index in [-0.39, 0.29) is 0 Å². The summed E-state index contributed by atoms with van der Waals surface area (Å²) in [6.07, 6.45) is 10.2. The van der Waals surface area contributed by atoms with Gasteiger partial charge in [0.15, 0.2) is 5.82 Å². The number of hydrogen-bond acceptors (Lipinski definition) is 4. The molecule has 0 fully saturated rings. The normalized spacial score (nSPS) is 11.3. The maximum atomic E-state index is 5.88. The van der Waals surface area contributed by atoms with Crippen LogP contribution in [0, 0.1) is 6.92 Å². The maximum absolute atomic E-state index is 5.88. The van der Waals surface area contributed by atoms with Crippen molar-refractivity contribution in [1.29, 1.82) is 0 Å². The van der Waals surface area contributed by atoms with Crippen molar-refractivity contribution in [3.05, 3.63) is 18.1 Å². The molecule has 2 heterocycles. The van der Waals surface area contributed by atoms with Gasteiger partial charge in [-0.15, -0.1) is 0 Å². The fraction of sp³-hybridized carbons (Fsp3) is 0.625. The lowest BCUT2D eigenvalue weighted by molar-refractivity contribution is 0.615. The number of unbranched alkanes of at least 4 members (excludes halogenated alkanes) is 3. The lowest BCUT2D eigenvalue weighted by Gasteiger charge is -2.07. The minimum absolute atomic E-state index is 0.529. The van der Waals surface area contributed by atoms with Gasteiger partial charge < -0.3 is 10.3 Å². The molecule has 4 nitrogen and oxygen atoms in total. The lowest BCUT2D eigenvalue weighted by Crippen LogP contribution is -1.99. The van der Waals surface area contributed by atoms with Crippen LogP contribution in [0.2, 0.25) is 0 Å². The Labute approximate surface area is 131 Å². The molecule has 2 aromatic rings. The molecule has 0 spiro atoms. The Hall–Kier alpha value is -1.23. The predicted octanol–water partition coefficient (Wildman–Crippen LogP) is 4.03. The van der Waals surface area contributed by atoms with E-state index in [0.717, 1.165) is 23.1 Å². The van der Waals surface area contributed by atoms with Gasteiger partial charge >= 0.3 is 0 Å². The molecular formula is C16H26N4S. The highest BCUT2D eigenvalue weighted by molar-refractivity contribution is 7.99. The van der Waals surface area contributed by atoms with E-state index < -0.39 is 0 Å². The number of nitrogens with two attached hydrogens (primary N) is 1. The zero-order valence-electron chi connectivity index (χ0n) is 13.1. The van der Waals surface area contributed by atoms with Gasteiger partial charge in [-0.3, -0.25) is 0 Å². The summed E-state index contributed by atoms with van der Waals surface area (Å²) in [4.78, 5) is 8.56. The zero-order chi connectivity index (χ0) is 15.1. The summed E-state index contributed by atoms with van der Waals surface area (Å²) in [6.45, 7) is 5.33. The number of pyridine rings is 1. The number of nitrogen functional groups attached to an aromatic ring is 1. The Morgan fingerprint density at radius 2 is 1.95 bits per heavy atom. The van der Waals surface area contributed by atoms with Crippen LogP contribution in [0.1, 0.15) is 44.6 Å². The van der Waals surface area contributed by atoms with Gasteiger partial charge in [0.1, 0.15) is 5.52 Å². The van der Waals surface area contributed by atoms with Crippen molar-refractivity contribution in [2.45, 2.75) is 52.5 Å². The molecule has 5 heteroatoms. The van der Waals surface area contributed by atoms with E-state index in [9.17, 15) is 0 Å². The number of aryl methyl sites for hydroxylation is 2. The molecule has 0 aliphatic carbocycles. The molecule has 0 atom stereocenters. The smallest absolute Gasteiger partial charge is 0.151 e. The van der Waals surface area contributed by atoms with Gasteiger partial charge in [0.2, 0.25) is 0 Å². The van der Waals surface area contributed by atoms with Crippen molar-refractivity contribution >= 4 is 28.6 Å². The molecular weight excluding hydrogens is 280 g/mol. The van der Waals surface area contributed by atoms with Gasteiger partial charge in [-0.1, -0.05) is 19.8 Å². The summed E-state index contributed by atoms with van der Waals surface area (Å²) in [5.74, 6) is 3.14. The Balaban J connectivity index is 1.78. The lowest BCUT2D eigenvalue weighted by atomic mass is 10.2. The number of thioether (sulfide) groups is 1. The summed E-state index contributed by atoms with van der Waals surface area (Å²) >= 11 is 2.09. The first-order valence-electron chi connectivity index (χ1n) is 7.87. The van der Waals surface area contributed by atoms with Gasteiger partial charge in [-0.2, -0.15) is 11.8 Å². The van der Waals surface area contributed by atoms with Crippen LogP contribution >= 0.6 is 11.8 Å². The van der Waals surface area contributed by atoms with Crippen molar-refractivity contribution in [3.63, 3.8) is 0 Å². The SMILES string of the molecule is CCCCSCCCCCn1cnc2c(N)ncc(C)c21. The molecule has 0 amide bonds. The van der Waals surface area contributed by atoms with Crippen LogP contribution in [0.3, 0.4) is 0 Å². The Morgan fingerprint density at radius 3 is 2.76 bits per heavy atom. The van der Waals surface area contributed by atoms with Crippen LogP contribution in [-0.2, 0) is 6.54 Å². The van der Waals surface area contributed by atoms with Gasteiger partial charge in [-0.25, -0.2) is 9.97 Å². The second-order valence-corrected chi connectivity index (χ2v) is 6.71. The Kier molecular flexibility index (Phi) is 6.36. The molecule has 2 aromatic heterocycles. The first kappa shape index (κ1) is 16.1. The summed E-state index contributed by atoms with van der Waals surface area (Å²) in [6, 6.07) is 0. The molecule has 0 aromatic carbocycles. The first-order valence-corrected chi connectivity index (χ1v) is 9.03. The zero-order valence-corrected chi connectivity index (χ0v) is 14.0. The van der Waals surface area contributed by atoms with Crippen LogP contribution < -0.4 is 5.73 Å². The number of aromatic nitrogens is 3. The molecule has 0 radical (unpaired) electrons. The maximum Gasteiger partial charge on any atom is 0.151 e. The largest absolute Gasteiger partial charge is 0.382 e. The fourth-order valence-electron chi connectivity index (χ4n) is 2.45. The van der Waals surface area contributed by atoms with Crippen molar-refractivity contribution in [1.82, 2.24) is 14.5 Å². The molecule has 0 bridgehead atoms. The summed E-state index contributed by atoms with van der Waals surface area (Å²) in [7, 11) is 0. The second kappa shape index (κ2) is 8.27. The minimum Gasteiger partial charge on any atom is -0.382 e. The van der Waals surface area contributed by atoms with E-state index in [1.165, 1.54) is 43.6 Å². The highest BCUT2D eigenvalue weighted by atomic mass is 32.2. The van der Waals surface area contributed by atoms with Crippen molar-refractivity contribution in [3.8, 4) is 0 Å². The van der Waals surface area contributed by atoms with Crippen LogP contribution in [0.25, 0.3) is 11.0 Å². The monoisotopic (exact) mass is 306 g/mol. The van der Waals surface area contributed by atoms with Gasteiger partial charge in [0.25, 0.3) is 0 Å². The van der Waals surface area contributed by atoms with Crippen molar-refractivity contribution in [2.24, 2.45) is 0 Å². The van der Waals surface area contributed by atoms with E-state index in [2.05, 4.69) is 40.1 Å². The number of nitrogens with zero attached hydrogens (tertiary/aromatic N) is 3. The summed E-state index contributed by atoms with van der Waals surface area (Å²) < 4.78 is 2.22. The molecule has 0 aliphatic heterocycles. The molecule has 116 valence electrons. The van der Waals surface area contributed by atoms with Crippen LogP contribution in [-0.4, -0.2) is 26.0 Å². The Bertz CT molecular complexity index is 565. The summed E-state index contributed by atoms with van der Waals surface area (Å²) in [5.41, 5.74) is 9.01. The average molecular weight is 306 g/mol. The standard InChI is InChI=1S/C16H26N4S/c1-3-4-9-21-10-7-5-6-8-20-12-19-14-15(20)13(2)11-18-16(14)17/h11-12H,3-10H2,1-2H3,(H2,17,18). The average Bonchev–Trinajstić information content (AvgIpc) is 2.91. The predicted molar refractivity (Wildman–Crippen MR) is 92.8 cm³/mol. The number of fused-ring (bicyclic) bond motifs is 1. The van der Waals surface area contributed by atoms with E-state index in [0.29, 0.717) is 5.82 Å². The number of anilines is 1. The molecule has 0 saturated carbocycles. The third-order valence-electron chi connectivity index (χ3n) is 3.68.